The second-order valence-electron chi connectivity index (χ2n) is 8.20. The molecule has 0 bridgehead atoms. The molecule has 2 heterocycles. The van der Waals surface area contributed by atoms with Crippen LogP contribution in [0.5, 0.6) is 0 Å². The first-order valence-corrected chi connectivity index (χ1v) is 12.7. The summed E-state index contributed by atoms with van der Waals surface area (Å²) in [6.45, 7) is 5.84. The van der Waals surface area contributed by atoms with Crippen LogP contribution in [-0.4, -0.2) is 71.3 Å². The zero-order valence-electron chi connectivity index (χ0n) is 18.0. The molecular weight excluding hydrogens is 412 g/mol. The Bertz CT molecular complexity index is 1020. The second kappa shape index (κ2) is 9.28. The number of hydrogen-bond acceptors (Lipinski definition) is 5. The van der Waals surface area contributed by atoms with Crippen molar-refractivity contribution < 1.29 is 13.2 Å². The van der Waals surface area contributed by atoms with E-state index in [1.807, 2.05) is 12.1 Å². The molecule has 31 heavy (non-hydrogen) atoms. The molecule has 1 N–H and O–H groups in total. The summed E-state index contributed by atoms with van der Waals surface area (Å²) in [6.07, 6.45) is 2.77. The van der Waals surface area contributed by atoms with Crippen LogP contribution in [0.25, 0.3) is 0 Å². The number of nitrogens with zero attached hydrogens (tertiary/aromatic N) is 3. The maximum absolute atomic E-state index is 12.6. The first-order valence-electron chi connectivity index (χ1n) is 10.8. The van der Waals surface area contributed by atoms with Crippen molar-refractivity contribution in [2.24, 2.45) is 0 Å². The predicted molar refractivity (Wildman–Crippen MR) is 124 cm³/mol. The first-order chi connectivity index (χ1) is 14.9. The van der Waals surface area contributed by atoms with E-state index in [4.69, 9.17) is 0 Å². The molecule has 0 aliphatic carbocycles. The third-order valence-corrected chi connectivity index (χ3v) is 7.21. The standard InChI is InChI=1S/C23H30N4O3S/c1-31(29,30)27-12-5-6-19-18-20(9-10-22(19)27)23(28)24-11-13-25-14-16-26(17-15-25)21-7-3-2-4-8-21/h2-4,7-10,18H,5-6,11-17H2,1H3,(H,24,28). The van der Waals surface area contributed by atoms with Gasteiger partial charge in [-0.25, -0.2) is 8.42 Å². The van der Waals surface area contributed by atoms with Gasteiger partial charge in [-0.15, -0.1) is 0 Å². The van der Waals surface area contributed by atoms with Crippen LogP contribution in [0.4, 0.5) is 11.4 Å². The van der Waals surface area contributed by atoms with Crippen LogP contribution in [0.3, 0.4) is 0 Å². The van der Waals surface area contributed by atoms with Gasteiger partial charge in [0.15, 0.2) is 0 Å². The van der Waals surface area contributed by atoms with Crippen LogP contribution < -0.4 is 14.5 Å². The zero-order valence-corrected chi connectivity index (χ0v) is 18.8. The monoisotopic (exact) mass is 442 g/mol. The molecule has 2 aliphatic rings. The van der Waals surface area contributed by atoms with Crippen LogP contribution in [0.2, 0.25) is 0 Å². The first kappa shape index (κ1) is 21.6. The molecule has 2 aromatic carbocycles. The highest BCUT2D eigenvalue weighted by molar-refractivity contribution is 7.92. The van der Waals surface area contributed by atoms with Crippen molar-refractivity contribution >= 4 is 27.3 Å². The Hall–Kier alpha value is -2.58. The lowest BCUT2D eigenvalue weighted by molar-refractivity contribution is 0.0947. The fraction of sp³-hybridized carbons (Fsp3) is 0.435. The summed E-state index contributed by atoms with van der Waals surface area (Å²) in [4.78, 5) is 17.4. The van der Waals surface area contributed by atoms with Crippen molar-refractivity contribution in [3.63, 3.8) is 0 Å². The van der Waals surface area contributed by atoms with Crippen LogP contribution >= 0.6 is 0 Å². The lowest BCUT2D eigenvalue weighted by Gasteiger charge is -2.36. The lowest BCUT2D eigenvalue weighted by atomic mass is 10.0. The van der Waals surface area contributed by atoms with E-state index < -0.39 is 10.0 Å². The molecule has 4 rings (SSSR count). The Morgan fingerprint density at radius 1 is 1.00 bits per heavy atom. The molecule has 0 saturated carbocycles. The summed E-state index contributed by atoms with van der Waals surface area (Å²) in [5.74, 6) is -0.109. The average molecular weight is 443 g/mol. The molecule has 1 saturated heterocycles. The molecule has 0 aromatic heterocycles. The van der Waals surface area contributed by atoms with Crippen molar-refractivity contribution in [2.75, 3.05) is 61.3 Å². The number of nitrogens with one attached hydrogen (secondary N) is 1. The quantitative estimate of drug-likeness (QED) is 0.740. The van der Waals surface area contributed by atoms with Crippen LogP contribution in [-0.2, 0) is 16.4 Å². The number of aryl methyl sites for hydroxylation is 1. The Morgan fingerprint density at radius 2 is 1.74 bits per heavy atom. The average Bonchev–Trinajstić information content (AvgIpc) is 2.78. The van der Waals surface area contributed by atoms with Gasteiger partial charge in [0, 0.05) is 57.1 Å². The second-order valence-corrected chi connectivity index (χ2v) is 10.1. The number of carbonyl (C=O) groups excluding carboxylic acids is 1. The zero-order chi connectivity index (χ0) is 21.8. The maximum atomic E-state index is 12.6. The van der Waals surface area contributed by atoms with E-state index in [1.165, 1.54) is 16.2 Å². The largest absolute Gasteiger partial charge is 0.369 e. The number of fused-ring (bicyclic) bond motifs is 1. The van der Waals surface area contributed by atoms with Gasteiger partial charge in [0.1, 0.15) is 0 Å². The number of amides is 1. The van der Waals surface area contributed by atoms with Gasteiger partial charge in [-0.2, -0.15) is 0 Å². The minimum Gasteiger partial charge on any atom is -0.369 e. The number of carbonyl (C=O) groups is 1. The van der Waals surface area contributed by atoms with Crippen molar-refractivity contribution in [3.8, 4) is 0 Å². The molecule has 166 valence electrons. The number of rotatable bonds is 6. The number of anilines is 2. The molecule has 2 aromatic rings. The molecule has 0 radical (unpaired) electrons. The van der Waals surface area contributed by atoms with Gasteiger partial charge in [-0.1, -0.05) is 18.2 Å². The van der Waals surface area contributed by atoms with E-state index in [0.717, 1.165) is 51.1 Å². The van der Waals surface area contributed by atoms with E-state index in [0.29, 0.717) is 24.3 Å². The van der Waals surface area contributed by atoms with Crippen LogP contribution in [0, 0.1) is 0 Å². The van der Waals surface area contributed by atoms with Gasteiger partial charge in [0.2, 0.25) is 10.0 Å². The van der Waals surface area contributed by atoms with Gasteiger partial charge in [-0.3, -0.25) is 14.0 Å². The normalized spacial score (nSPS) is 17.3. The summed E-state index contributed by atoms with van der Waals surface area (Å²) in [5.41, 5.74) is 3.46. The molecule has 0 spiro atoms. The van der Waals surface area contributed by atoms with Gasteiger partial charge >= 0.3 is 0 Å². The smallest absolute Gasteiger partial charge is 0.251 e. The minimum atomic E-state index is -3.30. The minimum absolute atomic E-state index is 0.109. The highest BCUT2D eigenvalue weighted by atomic mass is 32.2. The molecular formula is C23H30N4O3S. The SMILES string of the molecule is CS(=O)(=O)N1CCCc2cc(C(=O)NCCN3CCN(c4ccccc4)CC3)ccc21. The van der Waals surface area contributed by atoms with Gasteiger partial charge < -0.3 is 10.2 Å². The van der Waals surface area contributed by atoms with Gasteiger partial charge in [0.05, 0.1) is 11.9 Å². The van der Waals surface area contributed by atoms with Crippen molar-refractivity contribution in [3.05, 3.63) is 59.7 Å². The van der Waals surface area contributed by atoms with Crippen LogP contribution in [0.1, 0.15) is 22.3 Å². The van der Waals surface area contributed by atoms with Gasteiger partial charge in [-0.05, 0) is 48.7 Å². The molecule has 2 aliphatic heterocycles. The van der Waals surface area contributed by atoms with E-state index in [2.05, 4.69) is 39.4 Å². The topological polar surface area (TPSA) is 73.0 Å². The van der Waals surface area contributed by atoms with Crippen molar-refractivity contribution in [1.29, 1.82) is 0 Å². The number of para-hydroxylation sites is 1. The van der Waals surface area contributed by atoms with Crippen molar-refractivity contribution in [1.82, 2.24) is 10.2 Å². The molecule has 1 amide bonds. The highest BCUT2D eigenvalue weighted by Crippen LogP contribution is 2.29. The predicted octanol–water partition coefficient (Wildman–Crippen LogP) is 1.95. The van der Waals surface area contributed by atoms with E-state index in [1.54, 1.807) is 12.1 Å². The molecule has 1 fully saturated rings. The van der Waals surface area contributed by atoms with Crippen molar-refractivity contribution in [2.45, 2.75) is 12.8 Å². The molecule has 7 nitrogen and oxygen atoms in total. The third kappa shape index (κ3) is 5.19. The molecule has 0 unspecified atom stereocenters. The van der Waals surface area contributed by atoms with E-state index in [-0.39, 0.29) is 5.91 Å². The summed E-state index contributed by atoms with van der Waals surface area (Å²) >= 11 is 0. The Balaban J connectivity index is 1.27. The maximum Gasteiger partial charge on any atom is 0.251 e. The summed E-state index contributed by atoms with van der Waals surface area (Å²) in [7, 11) is -3.30. The summed E-state index contributed by atoms with van der Waals surface area (Å²) in [6, 6.07) is 15.8. The lowest BCUT2D eigenvalue weighted by Crippen LogP contribution is -2.48. The molecule has 8 heteroatoms. The number of benzene rings is 2. The highest BCUT2D eigenvalue weighted by Gasteiger charge is 2.24. The van der Waals surface area contributed by atoms with E-state index >= 15 is 0 Å². The van der Waals surface area contributed by atoms with E-state index in [9.17, 15) is 13.2 Å². The fourth-order valence-corrected chi connectivity index (χ4v) is 5.34. The fourth-order valence-electron chi connectivity index (χ4n) is 4.35. The van der Waals surface area contributed by atoms with Gasteiger partial charge in [0.25, 0.3) is 5.91 Å². The Kier molecular flexibility index (Phi) is 6.48. The number of sulfonamides is 1. The van der Waals surface area contributed by atoms with Crippen LogP contribution in [0.15, 0.2) is 48.5 Å². The summed E-state index contributed by atoms with van der Waals surface area (Å²) < 4.78 is 25.4. The third-order valence-electron chi connectivity index (χ3n) is 6.03. The number of piperazine rings is 1. The molecule has 0 atom stereocenters. The number of hydrogen-bond donors (Lipinski definition) is 1. The Morgan fingerprint density at radius 3 is 2.45 bits per heavy atom. The summed E-state index contributed by atoms with van der Waals surface area (Å²) in [5, 5.41) is 3.01. The Labute approximate surface area is 184 Å².